The van der Waals surface area contributed by atoms with Crippen molar-refractivity contribution in [2.45, 2.75) is 37.5 Å². The van der Waals surface area contributed by atoms with E-state index in [4.69, 9.17) is 0 Å². The highest BCUT2D eigenvalue weighted by molar-refractivity contribution is 7.89. The molecule has 1 heterocycles. The van der Waals surface area contributed by atoms with E-state index in [2.05, 4.69) is 9.71 Å². The third-order valence-corrected chi connectivity index (χ3v) is 5.82. The summed E-state index contributed by atoms with van der Waals surface area (Å²) in [6.07, 6.45) is -4.49. The molecule has 1 aromatic heterocycles. The smallest absolute Gasteiger partial charge is 0.327 e. The summed E-state index contributed by atoms with van der Waals surface area (Å²) in [6, 6.07) is 6.68. The highest BCUT2D eigenvalue weighted by atomic mass is 32.2. The molecule has 3 rings (SSSR count). The lowest BCUT2D eigenvalue weighted by Gasteiger charge is -2.16. The van der Waals surface area contributed by atoms with Gasteiger partial charge in [-0.2, -0.15) is 13.2 Å². The third kappa shape index (κ3) is 3.88. The van der Waals surface area contributed by atoms with Crippen LogP contribution in [0, 0.1) is 5.82 Å². The van der Waals surface area contributed by atoms with Crippen LogP contribution in [0.2, 0.25) is 0 Å². The Balaban J connectivity index is 1.99. The maximum absolute atomic E-state index is 13.0. The molecule has 10 heteroatoms. The molecule has 2 aromatic carbocycles. The molecule has 0 fully saturated rings. The van der Waals surface area contributed by atoms with Gasteiger partial charge in [-0.1, -0.05) is 0 Å². The summed E-state index contributed by atoms with van der Waals surface area (Å²) in [6.45, 7) is 3.57. The van der Waals surface area contributed by atoms with Crippen LogP contribution in [0.4, 0.5) is 17.6 Å². The van der Waals surface area contributed by atoms with Gasteiger partial charge in [0.1, 0.15) is 11.6 Å². The fourth-order valence-electron chi connectivity index (χ4n) is 2.95. The van der Waals surface area contributed by atoms with Gasteiger partial charge in [0, 0.05) is 6.54 Å². The highest BCUT2D eigenvalue weighted by Crippen LogP contribution is 2.32. The monoisotopic (exact) mass is 415 g/mol. The van der Waals surface area contributed by atoms with Crippen LogP contribution < -0.4 is 4.72 Å². The number of nitrogens with one attached hydrogen (secondary N) is 1. The SMILES string of the molecule is CCn1c(C(C)NS(=O)(=O)c2ccc(F)cc2)nc2ccc(C(F)(F)F)cc21. The average Bonchev–Trinajstić information content (AvgIpc) is 2.99. The van der Waals surface area contributed by atoms with E-state index in [-0.39, 0.29) is 16.2 Å². The van der Waals surface area contributed by atoms with Crippen LogP contribution in [-0.2, 0) is 22.7 Å². The van der Waals surface area contributed by atoms with Crippen molar-refractivity contribution < 1.29 is 26.0 Å². The molecule has 0 aliphatic heterocycles. The van der Waals surface area contributed by atoms with E-state index in [1.54, 1.807) is 13.8 Å². The topological polar surface area (TPSA) is 64.0 Å². The van der Waals surface area contributed by atoms with Crippen molar-refractivity contribution in [2.24, 2.45) is 0 Å². The van der Waals surface area contributed by atoms with Gasteiger partial charge in [0.2, 0.25) is 10.0 Å². The molecule has 1 N–H and O–H groups in total. The maximum Gasteiger partial charge on any atom is 0.416 e. The zero-order chi connectivity index (χ0) is 20.7. The van der Waals surface area contributed by atoms with Gasteiger partial charge < -0.3 is 4.57 Å². The van der Waals surface area contributed by atoms with Gasteiger partial charge >= 0.3 is 6.18 Å². The summed E-state index contributed by atoms with van der Waals surface area (Å²) in [7, 11) is -3.97. The van der Waals surface area contributed by atoms with Gasteiger partial charge in [-0.25, -0.2) is 22.5 Å². The van der Waals surface area contributed by atoms with Crippen LogP contribution in [0.1, 0.15) is 31.3 Å². The molecule has 150 valence electrons. The minimum atomic E-state index is -4.49. The number of hydrogen-bond acceptors (Lipinski definition) is 3. The first-order valence-electron chi connectivity index (χ1n) is 8.38. The molecule has 0 saturated carbocycles. The number of alkyl halides is 3. The molecule has 0 saturated heterocycles. The molecule has 0 amide bonds. The Bertz CT molecular complexity index is 1110. The van der Waals surface area contributed by atoms with Gasteiger partial charge in [-0.15, -0.1) is 0 Å². The average molecular weight is 415 g/mol. The van der Waals surface area contributed by atoms with Crippen LogP contribution >= 0.6 is 0 Å². The van der Waals surface area contributed by atoms with Crippen LogP contribution in [-0.4, -0.2) is 18.0 Å². The molecule has 5 nitrogen and oxygen atoms in total. The van der Waals surface area contributed by atoms with Crippen molar-refractivity contribution in [3.05, 3.63) is 59.7 Å². The van der Waals surface area contributed by atoms with Gasteiger partial charge in [0.25, 0.3) is 0 Å². The Morgan fingerprint density at radius 2 is 1.79 bits per heavy atom. The van der Waals surface area contributed by atoms with Crippen LogP contribution in [0.25, 0.3) is 11.0 Å². The highest BCUT2D eigenvalue weighted by Gasteiger charge is 2.31. The maximum atomic E-state index is 13.0. The normalized spacial score (nSPS) is 13.8. The summed E-state index contributed by atoms with van der Waals surface area (Å²) in [5, 5.41) is 0. The largest absolute Gasteiger partial charge is 0.416 e. The molecule has 0 spiro atoms. The van der Waals surface area contributed by atoms with E-state index in [0.717, 1.165) is 36.4 Å². The van der Waals surface area contributed by atoms with E-state index in [1.807, 2.05) is 0 Å². The van der Waals surface area contributed by atoms with E-state index < -0.39 is 33.6 Å². The number of sulfonamides is 1. The number of benzene rings is 2. The minimum absolute atomic E-state index is 0.126. The van der Waals surface area contributed by atoms with Gasteiger partial charge in [-0.05, 0) is 56.3 Å². The van der Waals surface area contributed by atoms with Crippen molar-refractivity contribution in [2.75, 3.05) is 0 Å². The van der Waals surface area contributed by atoms with Crippen molar-refractivity contribution >= 4 is 21.1 Å². The van der Waals surface area contributed by atoms with Crippen molar-refractivity contribution in [3.63, 3.8) is 0 Å². The Labute approximate surface area is 159 Å². The fraction of sp³-hybridized carbons (Fsp3) is 0.278. The number of fused-ring (bicyclic) bond motifs is 1. The minimum Gasteiger partial charge on any atom is -0.327 e. The molecule has 28 heavy (non-hydrogen) atoms. The summed E-state index contributed by atoms with van der Waals surface area (Å²) in [4.78, 5) is 4.18. The Morgan fingerprint density at radius 3 is 2.36 bits per heavy atom. The number of nitrogens with zero attached hydrogens (tertiary/aromatic N) is 2. The van der Waals surface area contributed by atoms with E-state index in [9.17, 15) is 26.0 Å². The summed E-state index contributed by atoms with van der Waals surface area (Å²) in [5.41, 5.74) is -0.210. The second-order valence-electron chi connectivity index (χ2n) is 6.21. The van der Waals surface area contributed by atoms with E-state index in [0.29, 0.717) is 12.1 Å². The summed E-state index contributed by atoms with van der Waals surface area (Å²) in [5.74, 6) is -0.289. The number of hydrogen-bond donors (Lipinski definition) is 1. The van der Waals surface area contributed by atoms with Crippen LogP contribution in [0.15, 0.2) is 47.4 Å². The molecule has 0 aliphatic rings. The zero-order valence-electron chi connectivity index (χ0n) is 15.0. The Kier molecular flexibility index (Phi) is 5.20. The van der Waals surface area contributed by atoms with Crippen molar-refractivity contribution in [1.82, 2.24) is 14.3 Å². The first-order chi connectivity index (χ1) is 13.0. The number of imidazole rings is 1. The molecule has 1 unspecified atom stereocenters. The lowest BCUT2D eigenvalue weighted by molar-refractivity contribution is -0.137. The predicted octanol–water partition coefficient (Wildman–Crippen LogP) is 4.25. The molecular weight excluding hydrogens is 398 g/mol. The third-order valence-electron chi connectivity index (χ3n) is 4.26. The van der Waals surface area contributed by atoms with Crippen LogP contribution in [0.5, 0.6) is 0 Å². The van der Waals surface area contributed by atoms with Crippen molar-refractivity contribution in [3.8, 4) is 0 Å². The Morgan fingerprint density at radius 1 is 1.14 bits per heavy atom. The quantitative estimate of drug-likeness (QED) is 0.634. The first-order valence-corrected chi connectivity index (χ1v) is 9.86. The zero-order valence-corrected chi connectivity index (χ0v) is 15.8. The fourth-order valence-corrected chi connectivity index (χ4v) is 4.15. The molecule has 3 aromatic rings. The predicted molar refractivity (Wildman–Crippen MR) is 95.5 cm³/mol. The van der Waals surface area contributed by atoms with Gasteiger partial charge in [-0.3, -0.25) is 0 Å². The lowest BCUT2D eigenvalue weighted by atomic mass is 10.2. The summed E-state index contributed by atoms with van der Waals surface area (Å²) < 4.78 is 81.0. The molecule has 0 bridgehead atoms. The number of rotatable bonds is 5. The molecular formula is C18H17F4N3O2S. The molecule has 1 atom stereocenters. The lowest BCUT2D eigenvalue weighted by Crippen LogP contribution is -2.28. The Hall–Kier alpha value is -2.46. The molecule has 0 aliphatic carbocycles. The number of aromatic nitrogens is 2. The number of halogens is 4. The molecule has 0 radical (unpaired) electrons. The van der Waals surface area contributed by atoms with E-state index in [1.165, 1.54) is 10.6 Å². The first kappa shape index (κ1) is 20.3. The van der Waals surface area contributed by atoms with Gasteiger partial charge in [0.05, 0.1) is 27.5 Å². The van der Waals surface area contributed by atoms with Gasteiger partial charge in [0.15, 0.2) is 0 Å². The number of aryl methyl sites for hydroxylation is 1. The van der Waals surface area contributed by atoms with Crippen molar-refractivity contribution in [1.29, 1.82) is 0 Å². The van der Waals surface area contributed by atoms with Crippen LogP contribution in [0.3, 0.4) is 0 Å². The standard InChI is InChI=1S/C18H17F4N3O2S/c1-3-25-16-10-12(18(20,21)22)4-9-15(16)23-17(25)11(2)24-28(26,27)14-7-5-13(19)6-8-14/h4-11,24H,3H2,1-2H3. The summed E-state index contributed by atoms with van der Waals surface area (Å²) >= 11 is 0. The second-order valence-corrected chi connectivity index (χ2v) is 7.93. The van der Waals surface area contributed by atoms with E-state index >= 15 is 0 Å². The second kappa shape index (κ2) is 7.17.